The molecule has 0 unspecified atom stereocenters. The van der Waals surface area contributed by atoms with E-state index in [0.29, 0.717) is 11.6 Å². The van der Waals surface area contributed by atoms with Crippen molar-refractivity contribution >= 4 is 5.91 Å². The SMILES string of the molecule is COCCN1CC[C@H](CN(C)C(=O)c2cncn2C)C1. The Kier molecular flexibility index (Phi) is 5.14. The van der Waals surface area contributed by atoms with Crippen LogP contribution < -0.4 is 0 Å². The van der Waals surface area contributed by atoms with E-state index in [2.05, 4.69) is 9.88 Å². The van der Waals surface area contributed by atoms with E-state index in [1.807, 2.05) is 19.0 Å². The topological polar surface area (TPSA) is 50.6 Å². The van der Waals surface area contributed by atoms with Gasteiger partial charge < -0.3 is 19.1 Å². The van der Waals surface area contributed by atoms with Crippen LogP contribution in [0.1, 0.15) is 16.9 Å². The number of aromatic nitrogens is 2. The third kappa shape index (κ3) is 3.58. The molecule has 0 aliphatic carbocycles. The first-order valence-corrected chi connectivity index (χ1v) is 7.05. The second-order valence-electron chi connectivity index (χ2n) is 5.52. The Morgan fingerprint density at radius 1 is 1.60 bits per heavy atom. The van der Waals surface area contributed by atoms with Gasteiger partial charge in [0.05, 0.1) is 19.1 Å². The molecule has 6 nitrogen and oxygen atoms in total. The Morgan fingerprint density at radius 3 is 3.05 bits per heavy atom. The maximum atomic E-state index is 12.3. The lowest BCUT2D eigenvalue weighted by atomic mass is 10.1. The van der Waals surface area contributed by atoms with Gasteiger partial charge in [-0.15, -0.1) is 0 Å². The average Bonchev–Trinajstić information content (AvgIpc) is 3.04. The van der Waals surface area contributed by atoms with Gasteiger partial charge in [0.15, 0.2) is 0 Å². The second kappa shape index (κ2) is 6.85. The van der Waals surface area contributed by atoms with Gasteiger partial charge in [-0.25, -0.2) is 4.98 Å². The Hall–Kier alpha value is -1.40. The summed E-state index contributed by atoms with van der Waals surface area (Å²) in [6.45, 7) is 4.70. The fourth-order valence-electron chi connectivity index (χ4n) is 2.71. The first-order valence-electron chi connectivity index (χ1n) is 7.05. The van der Waals surface area contributed by atoms with E-state index in [-0.39, 0.29) is 5.91 Å². The van der Waals surface area contributed by atoms with Gasteiger partial charge in [0.1, 0.15) is 5.69 Å². The van der Waals surface area contributed by atoms with Gasteiger partial charge in [-0.3, -0.25) is 4.79 Å². The smallest absolute Gasteiger partial charge is 0.271 e. The van der Waals surface area contributed by atoms with E-state index in [0.717, 1.165) is 39.2 Å². The number of hydrogen-bond acceptors (Lipinski definition) is 4. The molecule has 0 bridgehead atoms. The summed E-state index contributed by atoms with van der Waals surface area (Å²) < 4.78 is 6.87. The van der Waals surface area contributed by atoms with Crippen molar-refractivity contribution in [2.24, 2.45) is 13.0 Å². The van der Waals surface area contributed by atoms with E-state index in [1.54, 1.807) is 24.2 Å². The molecule has 1 aromatic rings. The van der Waals surface area contributed by atoms with E-state index in [1.165, 1.54) is 0 Å². The van der Waals surface area contributed by atoms with Crippen molar-refractivity contribution in [1.29, 1.82) is 0 Å². The van der Waals surface area contributed by atoms with Gasteiger partial charge in [-0.1, -0.05) is 0 Å². The Balaban J connectivity index is 1.82. The van der Waals surface area contributed by atoms with Crippen molar-refractivity contribution in [3.63, 3.8) is 0 Å². The van der Waals surface area contributed by atoms with E-state index >= 15 is 0 Å². The van der Waals surface area contributed by atoms with Gasteiger partial charge >= 0.3 is 0 Å². The molecule has 2 rings (SSSR count). The van der Waals surface area contributed by atoms with Crippen molar-refractivity contribution in [1.82, 2.24) is 19.4 Å². The molecule has 0 saturated carbocycles. The lowest BCUT2D eigenvalue weighted by Gasteiger charge is -2.21. The predicted octanol–water partition coefficient (Wildman–Crippen LogP) is 0.460. The van der Waals surface area contributed by atoms with Crippen LogP contribution in [0.25, 0.3) is 0 Å². The van der Waals surface area contributed by atoms with Crippen molar-refractivity contribution < 1.29 is 9.53 Å². The Bertz CT molecular complexity index is 446. The molecule has 1 fully saturated rings. The number of methoxy groups -OCH3 is 1. The summed E-state index contributed by atoms with van der Waals surface area (Å²) >= 11 is 0. The Labute approximate surface area is 120 Å². The van der Waals surface area contributed by atoms with Gasteiger partial charge in [0, 0.05) is 40.8 Å². The summed E-state index contributed by atoms with van der Waals surface area (Å²) in [5.41, 5.74) is 0.640. The molecule has 1 aliphatic heterocycles. The van der Waals surface area contributed by atoms with E-state index in [4.69, 9.17) is 4.74 Å². The van der Waals surface area contributed by atoms with Gasteiger partial charge in [-0.05, 0) is 18.9 Å². The minimum atomic E-state index is 0.0420. The highest BCUT2D eigenvalue weighted by Crippen LogP contribution is 2.17. The summed E-state index contributed by atoms with van der Waals surface area (Å²) in [5, 5.41) is 0. The number of hydrogen-bond donors (Lipinski definition) is 0. The molecular formula is C14H24N4O2. The molecule has 20 heavy (non-hydrogen) atoms. The molecule has 1 atom stereocenters. The molecule has 1 aliphatic rings. The van der Waals surface area contributed by atoms with Crippen LogP contribution in [0.3, 0.4) is 0 Å². The molecule has 1 aromatic heterocycles. The van der Waals surface area contributed by atoms with Crippen molar-refractivity contribution in [3.05, 3.63) is 18.2 Å². The number of ether oxygens (including phenoxy) is 1. The van der Waals surface area contributed by atoms with Crippen molar-refractivity contribution in [3.8, 4) is 0 Å². The van der Waals surface area contributed by atoms with Crippen molar-refractivity contribution in [2.45, 2.75) is 6.42 Å². The maximum absolute atomic E-state index is 12.3. The fourth-order valence-corrected chi connectivity index (χ4v) is 2.71. The minimum absolute atomic E-state index is 0.0420. The van der Waals surface area contributed by atoms with Crippen LogP contribution in [0.15, 0.2) is 12.5 Å². The molecule has 1 saturated heterocycles. The number of carbonyl (C=O) groups excluding carboxylic acids is 1. The largest absolute Gasteiger partial charge is 0.383 e. The number of aryl methyl sites for hydroxylation is 1. The van der Waals surface area contributed by atoms with Crippen LogP contribution in [0, 0.1) is 5.92 Å². The molecule has 2 heterocycles. The standard InChI is InChI=1S/C14H24N4O2/c1-16(14(19)13-8-15-11-17(13)2)9-12-4-5-18(10-12)6-7-20-3/h8,11-12H,4-7,9-10H2,1-3H3/t12-/m1/s1. The number of likely N-dealkylation sites (tertiary alicyclic amines) is 1. The minimum Gasteiger partial charge on any atom is -0.383 e. The van der Waals surface area contributed by atoms with Gasteiger partial charge in [-0.2, -0.15) is 0 Å². The number of carbonyl (C=O) groups is 1. The van der Waals surface area contributed by atoms with Crippen LogP contribution >= 0.6 is 0 Å². The highest BCUT2D eigenvalue weighted by Gasteiger charge is 2.25. The molecule has 6 heteroatoms. The summed E-state index contributed by atoms with van der Waals surface area (Å²) in [6.07, 6.45) is 4.42. The molecule has 1 amide bonds. The number of rotatable bonds is 6. The van der Waals surface area contributed by atoms with Crippen LogP contribution in [0.5, 0.6) is 0 Å². The van der Waals surface area contributed by atoms with Crippen LogP contribution in [0.4, 0.5) is 0 Å². The molecule has 112 valence electrons. The average molecular weight is 280 g/mol. The third-order valence-corrected chi connectivity index (χ3v) is 3.90. The van der Waals surface area contributed by atoms with Gasteiger partial charge in [0.2, 0.25) is 0 Å². The number of amides is 1. The number of nitrogens with zero attached hydrogens (tertiary/aromatic N) is 4. The summed E-state index contributed by atoms with van der Waals surface area (Å²) in [6, 6.07) is 0. The Morgan fingerprint density at radius 2 is 2.40 bits per heavy atom. The van der Waals surface area contributed by atoms with E-state index in [9.17, 15) is 4.79 Å². The highest BCUT2D eigenvalue weighted by atomic mass is 16.5. The second-order valence-corrected chi connectivity index (χ2v) is 5.52. The van der Waals surface area contributed by atoms with Crippen LogP contribution in [-0.2, 0) is 11.8 Å². The molecular weight excluding hydrogens is 256 g/mol. The van der Waals surface area contributed by atoms with Crippen LogP contribution in [-0.4, -0.2) is 72.2 Å². The third-order valence-electron chi connectivity index (χ3n) is 3.90. The molecule has 0 N–H and O–H groups in total. The molecule has 0 aromatic carbocycles. The summed E-state index contributed by atoms with van der Waals surface area (Å²) in [4.78, 5) is 20.5. The van der Waals surface area contributed by atoms with Gasteiger partial charge in [0.25, 0.3) is 5.91 Å². The zero-order chi connectivity index (χ0) is 14.5. The summed E-state index contributed by atoms with van der Waals surface area (Å²) in [7, 11) is 5.44. The predicted molar refractivity (Wildman–Crippen MR) is 76.6 cm³/mol. The van der Waals surface area contributed by atoms with Crippen molar-refractivity contribution in [2.75, 3.05) is 46.9 Å². The lowest BCUT2D eigenvalue weighted by Crippen LogP contribution is -2.34. The normalized spacial score (nSPS) is 19.4. The molecule has 0 radical (unpaired) electrons. The fraction of sp³-hybridized carbons (Fsp3) is 0.714. The zero-order valence-electron chi connectivity index (χ0n) is 12.6. The molecule has 0 spiro atoms. The maximum Gasteiger partial charge on any atom is 0.271 e. The first kappa shape index (κ1) is 15.0. The quantitative estimate of drug-likeness (QED) is 0.760. The summed E-state index contributed by atoms with van der Waals surface area (Å²) in [5.74, 6) is 0.592. The lowest BCUT2D eigenvalue weighted by molar-refractivity contribution is 0.0762. The zero-order valence-corrected chi connectivity index (χ0v) is 12.6. The highest BCUT2D eigenvalue weighted by molar-refractivity contribution is 5.92. The monoisotopic (exact) mass is 280 g/mol. The first-order chi connectivity index (χ1) is 9.61. The van der Waals surface area contributed by atoms with E-state index < -0.39 is 0 Å². The number of imidazole rings is 1. The van der Waals surface area contributed by atoms with Crippen LogP contribution in [0.2, 0.25) is 0 Å².